The average molecular weight is 496 g/mol. The second-order valence-corrected chi connectivity index (χ2v) is 9.35. The van der Waals surface area contributed by atoms with Gasteiger partial charge in [-0.15, -0.1) is 16.4 Å². The molecule has 0 atom stereocenters. The summed E-state index contributed by atoms with van der Waals surface area (Å²) >= 11 is 7.51. The average Bonchev–Trinajstić information content (AvgIpc) is 3.60. The van der Waals surface area contributed by atoms with Crippen molar-refractivity contribution in [2.45, 2.75) is 13.6 Å². The van der Waals surface area contributed by atoms with Crippen molar-refractivity contribution in [2.75, 3.05) is 33.3 Å². The molecule has 3 aromatic heterocycles. The summed E-state index contributed by atoms with van der Waals surface area (Å²) in [5.74, 6) is 2.19. The Kier molecular flexibility index (Phi) is 6.36. The molecule has 0 radical (unpaired) electrons. The Balaban J connectivity index is 1.39. The number of ether oxygens (including phenoxy) is 1. The van der Waals surface area contributed by atoms with Gasteiger partial charge in [0.25, 0.3) is 5.91 Å². The standard InChI is InChI=1S/C24H25N5O3S2/c1-17-18(9-14-32-17)23(30)27-12-10-26(11-13-27)16-28-24(33)29(19-6-3-4-7-20(19)31-2)22(25-28)21-8-5-15-34-21/h3-9,14-15H,10-13,16H2,1-2H3. The lowest BCUT2D eigenvalue weighted by Gasteiger charge is -2.34. The van der Waals surface area contributed by atoms with E-state index in [1.165, 1.54) is 0 Å². The van der Waals surface area contributed by atoms with Crippen LogP contribution in [0.2, 0.25) is 0 Å². The van der Waals surface area contributed by atoms with Crippen molar-refractivity contribution in [3.8, 4) is 22.1 Å². The lowest BCUT2D eigenvalue weighted by Crippen LogP contribution is -2.49. The molecule has 1 fully saturated rings. The number of carbonyl (C=O) groups is 1. The molecule has 4 heterocycles. The van der Waals surface area contributed by atoms with E-state index in [0.717, 1.165) is 35.2 Å². The lowest BCUT2D eigenvalue weighted by atomic mass is 10.2. The minimum absolute atomic E-state index is 0.0166. The third-order valence-corrected chi connectivity index (χ3v) is 7.25. The highest BCUT2D eigenvalue weighted by Gasteiger charge is 2.25. The van der Waals surface area contributed by atoms with Crippen molar-refractivity contribution in [3.63, 3.8) is 0 Å². The number of furan rings is 1. The highest BCUT2D eigenvalue weighted by Crippen LogP contribution is 2.31. The molecule has 0 N–H and O–H groups in total. The topological polar surface area (TPSA) is 68.7 Å². The monoisotopic (exact) mass is 495 g/mol. The van der Waals surface area contributed by atoms with Gasteiger partial charge in [0.2, 0.25) is 4.77 Å². The molecule has 1 saturated heterocycles. The molecule has 5 rings (SSSR count). The summed E-state index contributed by atoms with van der Waals surface area (Å²) in [7, 11) is 1.66. The van der Waals surface area contributed by atoms with E-state index < -0.39 is 0 Å². The minimum atomic E-state index is 0.0166. The van der Waals surface area contributed by atoms with Gasteiger partial charge in [0.15, 0.2) is 5.82 Å². The number of rotatable bonds is 6. The van der Waals surface area contributed by atoms with Gasteiger partial charge in [-0.2, -0.15) is 0 Å². The van der Waals surface area contributed by atoms with Crippen molar-refractivity contribution in [1.29, 1.82) is 0 Å². The van der Waals surface area contributed by atoms with Crippen LogP contribution < -0.4 is 4.74 Å². The molecule has 4 aromatic rings. The van der Waals surface area contributed by atoms with Crippen LogP contribution in [-0.4, -0.2) is 63.3 Å². The van der Waals surface area contributed by atoms with Crippen molar-refractivity contribution in [1.82, 2.24) is 24.1 Å². The molecular formula is C24H25N5O3S2. The number of piperazine rings is 1. The van der Waals surface area contributed by atoms with Crippen molar-refractivity contribution in [3.05, 3.63) is 70.2 Å². The summed E-state index contributed by atoms with van der Waals surface area (Å²) in [5, 5.41) is 6.93. The number of amides is 1. The van der Waals surface area contributed by atoms with E-state index in [1.807, 2.05) is 62.9 Å². The van der Waals surface area contributed by atoms with Gasteiger partial charge >= 0.3 is 0 Å². The maximum absolute atomic E-state index is 12.8. The Hall–Kier alpha value is -3.21. The van der Waals surface area contributed by atoms with Crippen molar-refractivity contribution < 1.29 is 13.9 Å². The molecule has 0 spiro atoms. The highest BCUT2D eigenvalue weighted by molar-refractivity contribution is 7.71. The SMILES string of the molecule is COc1ccccc1-n1c(-c2cccs2)nn(CN2CCN(C(=O)c3ccoc3C)CC2)c1=S. The molecule has 1 aromatic carbocycles. The van der Waals surface area contributed by atoms with Gasteiger partial charge in [0.05, 0.1) is 36.2 Å². The number of methoxy groups -OCH3 is 1. The van der Waals surface area contributed by atoms with Crippen molar-refractivity contribution in [2.24, 2.45) is 0 Å². The van der Waals surface area contributed by atoms with Gasteiger partial charge in [-0.1, -0.05) is 18.2 Å². The normalized spacial score (nSPS) is 14.5. The number of hydrogen-bond donors (Lipinski definition) is 0. The molecule has 10 heteroatoms. The summed E-state index contributed by atoms with van der Waals surface area (Å²) in [6.07, 6.45) is 1.56. The number of aromatic nitrogens is 3. The van der Waals surface area contributed by atoms with E-state index in [9.17, 15) is 4.79 Å². The van der Waals surface area contributed by atoms with Crippen LogP contribution in [0.5, 0.6) is 5.75 Å². The first kappa shape index (κ1) is 22.6. The molecule has 0 saturated carbocycles. The van der Waals surface area contributed by atoms with E-state index in [-0.39, 0.29) is 5.91 Å². The molecule has 0 unspecified atom stereocenters. The Bertz CT molecular complexity index is 1350. The van der Waals surface area contributed by atoms with E-state index in [4.69, 9.17) is 26.5 Å². The number of nitrogens with zero attached hydrogens (tertiary/aromatic N) is 5. The van der Waals surface area contributed by atoms with E-state index in [2.05, 4.69) is 4.90 Å². The fourth-order valence-corrected chi connectivity index (χ4v) is 5.14. The fraction of sp³-hybridized carbons (Fsp3) is 0.292. The number of thiophene rings is 1. The number of para-hydroxylation sites is 2. The van der Waals surface area contributed by atoms with Gasteiger partial charge in [0, 0.05) is 26.2 Å². The smallest absolute Gasteiger partial charge is 0.257 e. The van der Waals surface area contributed by atoms with Crippen LogP contribution in [0, 0.1) is 11.7 Å². The van der Waals surface area contributed by atoms with Crippen LogP contribution in [-0.2, 0) is 6.67 Å². The lowest BCUT2D eigenvalue weighted by molar-refractivity contribution is 0.0584. The second-order valence-electron chi connectivity index (χ2n) is 8.03. The Morgan fingerprint density at radius 2 is 1.94 bits per heavy atom. The molecule has 8 nitrogen and oxygen atoms in total. The first-order chi connectivity index (χ1) is 16.6. The number of benzene rings is 1. The Morgan fingerprint density at radius 1 is 1.15 bits per heavy atom. The first-order valence-corrected chi connectivity index (χ1v) is 12.3. The third kappa shape index (κ3) is 4.20. The number of hydrogen-bond acceptors (Lipinski definition) is 7. The molecule has 0 aliphatic carbocycles. The first-order valence-electron chi connectivity index (χ1n) is 11.0. The van der Waals surface area contributed by atoms with Gasteiger partial charge in [-0.05, 0) is 48.8 Å². The van der Waals surface area contributed by atoms with Crippen LogP contribution >= 0.6 is 23.6 Å². The number of aryl methyl sites for hydroxylation is 1. The van der Waals surface area contributed by atoms with Crippen LogP contribution in [0.1, 0.15) is 16.1 Å². The molecular weight excluding hydrogens is 470 g/mol. The van der Waals surface area contributed by atoms with Gasteiger partial charge in [-0.3, -0.25) is 14.3 Å². The molecule has 1 amide bonds. The maximum atomic E-state index is 12.8. The molecule has 176 valence electrons. The zero-order valence-corrected chi connectivity index (χ0v) is 20.6. The van der Waals surface area contributed by atoms with Gasteiger partial charge < -0.3 is 14.1 Å². The summed E-state index contributed by atoms with van der Waals surface area (Å²) in [6.45, 7) is 5.12. The van der Waals surface area contributed by atoms with Crippen LogP contribution in [0.25, 0.3) is 16.4 Å². The Labute approximate surface area is 206 Å². The third-order valence-electron chi connectivity index (χ3n) is 5.99. The summed E-state index contributed by atoms with van der Waals surface area (Å²) in [4.78, 5) is 18.0. The quantitative estimate of drug-likeness (QED) is 0.368. The molecule has 0 bridgehead atoms. The van der Waals surface area contributed by atoms with Gasteiger partial charge in [-0.25, -0.2) is 4.68 Å². The number of carbonyl (C=O) groups excluding carboxylic acids is 1. The van der Waals surface area contributed by atoms with Gasteiger partial charge in [0.1, 0.15) is 11.5 Å². The van der Waals surface area contributed by atoms with E-state index >= 15 is 0 Å². The zero-order valence-electron chi connectivity index (χ0n) is 19.0. The van der Waals surface area contributed by atoms with E-state index in [1.54, 1.807) is 30.8 Å². The molecule has 34 heavy (non-hydrogen) atoms. The van der Waals surface area contributed by atoms with Crippen LogP contribution in [0.3, 0.4) is 0 Å². The summed E-state index contributed by atoms with van der Waals surface area (Å²) < 4.78 is 15.3. The van der Waals surface area contributed by atoms with Crippen LogP contribution in [0.4, 0.5) is 0 Å². The molecule has 1 aliphatic rings. The van der Waals surface area contributed by atoms with Crippen molar-refractivity contribution >= 4 is 29.5 Å². The zero-order chi connectivity index (χ0) is 23.7. The maximum Gasteiger partial charge on any atom is 0.257 e. The molecule has 1 aliphatic heterocycles. The largest absolute Gasteiger partial charge is 0.495 e. The highest BCUT2D eigenvalue weighted by atomic mass is 32.1. The fourth-order valence-electron chi connectivity index (χ4n) is 4.16. The Morgan fingerprint density at radius 3 is 2.62 bits per heavy atom. The minimum Gasteiger partial charge on any atom is -0.495 e. The van der Waals surface area contributed by atoms with E-state index in [0.29, 0.717) is 35.9 Å². The predicted molar refractivity (Wildman–Crippen MR) is 133 cm³/mol. The predicted octanol–water partition coefficient (Wildman–Crippen LogP) is 4.46. The van der Waals surface area contributed by atoms with Crippen LogP contribution in [0.15, 0.2) is 58.5 Å². The summed E-state index contributed by atoms with van der Waals surface area (Å²) in [6, 6.07) is 13.6. The second kappa shape index (κ2) is 9.57. The summed E-state index contributed by atoms with van der Waals surface area (Å²) in [5.41, 5.74) is 1.49.